The molecule has 36 heavy (non-hydrogen) atoms. The first-order valence-electron chi connectivity index (χ1n) is 11.9. The first kappa shape index (κ1) is 23.2. The number of fused-ring (bicyclic) bond motifs is 1. The zero-order valence-corrected chi connectivity index (χ0v) is 20.0. The standard InChI is InChI=1S/C30H26N4O2/c1-36-24-11-4-9-21(17-24)22-14-15-28-26(18-22)27(33-30(34-28)23-10-6-16-32-19-23)13-5-8-20-7-2-3-12-25(20)29(31)35/h2-4,6-7,9-12,14-19H,5,8,13H2,1H3,(H2,31,35). The summed E-state index contributed by atoms with van der Waals surface area (Å²) in [6.45, 7) is 0. The molecule has 2 heterocycles. The molecule has 0 aliphatic carbocycles. The van der Waals surface area contributed by atoms with Gasteiger partial charge in [-0.1, -0.05) is 36.4 Å². The highest BCUT2D eigenvalue weighted by molar-refractivity contribution is 5.94. The number of aryl methyl sites for hydroxylation is 2. The van der Waals surface area contributed by atoms with Crippen LogP contribution in [0.4, 0.5) is 0 Å². The van der Waals surface area contributed by atoms with E-state index in [1.807, 2.05) is 54.6 Å². The zero-order valence-electron chi connectivity index (χ0n) is 20.0. The van der Waals surface area contributed by atoms with Crippen LogP contribution in [0.5, 0.6) is 5.75 Å². The lowest BCUT2D eigenvalue weighted by atomic mass is 9.98. The average Bonchev–Trinajstić information content (AvgIpc) is 2.93. The van der Waals surface area contributed by atoms with Crippen molar-refractivity contribution in [3.05, 3.63) is 108 Å². The van der Waals surface area contributed by atoms with E-state index in [0.717, 1.165) is 63.9 Å². The number of carbonyl (C=O) groups is 1. The van der Waals surface area contributed by atoms with Gasteiger partial charge in [-0.25, -0.2) is 9.97 Å². The fraction of sp³-hybridized carbons (Fsp3) is 0.133. The van der Waals surface area contributed by atoms with E-state index in [1.54, 1.807) is 25.6 Å². The highest BCUT2D eigenvalue weighted by atomic mass is 16.5. The van der Waals surface area contributed by atoms with Crippen LogP contribution in [0.15, 0.2) is 91.3 Å². The number of hydrogen-bond donors (Lipinski definition) is 1. The largest absolute Gasteiger partial charge is 0.497 e. The van der Waals surface area contributed by atoms with E-state index >= 15 is 0 Å². The lowest BCUT2D eigenvalue weighted by Crippen LogP contribution is -2.13. The maximum absolute atomic E-state index is 11.8. The van der Waals surface area contributed by atoms with Gasteiger partial charge in [0.25, 0.3) is 0 Å². The molecule has 0 saturated heterocycles. The van der Waals surface area contributed by atoms with E-state index in [9.17, 15) is 4.79 Å². The van der Waals surface area contributed by atoms with Crippen LogP contribution in [0.25, 0.3) is 33.4 Å². The molecule has 0 radical (unpaired) electrons. The maximum atomic E-state index is 11.8. The summed E-state index contributed by atoms with van der Waals surface area (Å²) in [6, 6.07) is 25.6. The van der Waals surface area contributed by atoms with Gasteiger partial charge in [0.15, 0.2) is 5.82 Å². The molecule has 5 rings (SSSR count). The van der Waals surface area contributed by atoms with Crippen molar-refractivity contribution in [2.24, 2.45) is 5.73 Å². The molecule has 6 heteroatoms. The summed E-state index contributed by atoms with van der Waals surface area (Å²) >= 11 is 0. The van der Waals surface area contributed by atoms with Crippen molar-refractivity contribution in [2.45, 2.75) is 19.3 Å². The molecule has 3 aromatic carbocycles. The van der Waals surface area contributed by atoms with Gasteiger partial charge in [-0.2, -0.15) is 0 Å². The summed E-state index contributed by atoms with van der Waals surface area (Å²) in [5, 5.41) is 1.01. The minimum atomic E-state index is -0.403. The minimum Gasteiger partial charge on any atom is -0.497 e. The molecule has 0 unspecified atom stereocenters. The number of nitrogens with two attached hydrogens (primary N) is 1. The van der Waals surface area contributed by atoms with Gasteiger partial charge >= 0.3 is 0 Å². The van der Waals surface area contributed by atoms with Crippen LogP contribution in [-0.2, 0) is 12.8 Å². The lowest BCUT2D eigenvalue weighted by molar-refractivity contribution is 0.0999. The summed E-state index contributed by atoms with van der Waals surface area (Å²) in [4.78, 5) is 25.9. The number of pyridine rings is 1. The predicted molar refractivity (Wildman–Crippen MR) is 142 cm³/mol. The van der Waals surface area contributed by atoms with Gasteiger partial charge in [0.05, 0.1) is 18.3 Å². The smallest absolute Gasteiger partial charge is 0.248 e. The summed E-state index contributed by atoms with van der Waals surface area (Å²) in [5.41, 5.74) is 11.9. The third-order valence-corrected chi connectivity index (χ3v) is 6.24. The minimum absolute atomic E-state index is 0.403. The summed E-state index contributed by atoms with van der Waals surface area (Å²) in [7, 11) is 1.67. The Hall–Kier alpha value is -4.58. The number of primary amides is 1. The zero-order chi connectivity index (χ0) is 24.9. The molecular formula is C30H26N4O2. The Labute approximate surface area is 209 Å². The van der Waals surface area contributed by atoms with Crippen molar-refractivity contribution in [2.75, 3.05) is 7.11 Å². The number of benzene rings is 3. The molecule has 0 atom stereocenters. The lowest BCUT2D eigenvalue weighted by Gasteiger charge is -2.12. The Morgan fingerprint density at radius 2 is 1.69 bits per heavy atom. The van der Waals surface area contributed by atoms with E-state index in [2.05, 4.69) is 23.2 Å². The summed E-state index contributed by atoms with van der Waals surface area (Å²) in [5.74, 6) is 1.06. The number of hydrogen-bond acceptors (Lipinski definition) is 5. The van der Waals surface area contributed by atoms with Crippen molar-refractivity contribution < 1.29 is 9.53 Å². The van der Waals surface area contributed by atoms with Crippen LogP contribution in [0.3, 0.4) is 0 Å². The second-order valence-corrected chi connectivity index (χ2v) is 8.57. The average molecular weight is 475 g/mol. The van der Waals surface area contributed by atoms with Crippen LogP contribution in [0.2, 0.25) is 0 Å². The van der Waals surface area contributed by atoms with E-state index in [4.69, 9.17) is 20.4 Å². The van der Waals surface area contributed by atoms with Crippen molar-refractivity contribution in [3.63, 3.8) is 0 Å². The van der Waals surface area contributed by atoms with Gasteiger partial charge in [0.1, 0.15) is 5.75 Å². The molecule has 0 spiro atoms. The number of nitrogens with zero attached hydrogens (tertiary/aromatic N) is 3. The van der Waals surface area contributed by atoms with Gasteiger partial charge in [-0.15, -0.1) is 0 Å². The second kappa shape index (κ2) is 10.4. The molecule has 1 amide bonds. The van der Waals surface area contributed by atoms with Gasteiger partial charge in [-0.05, 0) is 78.4 Å². The summed E-state index contributed by atoms with van der Waals surface area (Å²) < 4.78 is 5.41. The first-order valence-corrected chi connectivity index (χ1v) is 11.9. The SMILES string of the molecule is COc1cccc(-c2ccc3nc(-c4cccnc4)nc(CCCc4ccccc4C(N)=O)c3c2)c1. The number of amides is 1. The number of carbonyl (C=O) groups excluding carboxylic acids is 1. The topological polar surface area (TPSA) is 91.0 Å². The molecular weight excluding hydrogens is 448 g/mol. The molecule has 178 valence electrons. The Morgan fingerprint density at radius 1 is 0.861 bits per heavy atom. The van der Waals surface area contributed by atoms with E-state index in [1.165, 1.54) is 0 Å². The molecule has 0 fully saturated rings. The molecule has 2 aromatic heterocycles. The van der Waals surface area contributed by atoms with Crippen molar-refractivity contribution in [1.29, 1.82) is 0 Å². The van der Waals surface area contributed by atoms with Gasteiger partial charge < -0.3 is 10.5 Å². The maximum Gasteiger partial charge on any atom is 0.248 e. The van der Waals surface area contributed by atoms with Crippen molar-refractivity contribution >= 4 is 16.8 Å². The highest BCUT2D eigenvalue weighted by Crippen LogP contribution is 2.30. The molecule has 6 nitrogen and oxygen atoms in total. The molecule has 0 aliphatic rings. The number of methoxy groups -OCH3 is 1. The van der Waals surface area contributed by atoms with Crippen LogP contribution < -0.4 is 10.5 Å². The highest BCUT2D eigenvalue weighted by Gasteiger charge is 2.13. The number of aromatic nitrogens is 3. The van der Waals surface area contributed by atoms with Crippen LogP contribution in [0.1, 0.15) is 28.0 Å². The van der Waals surface area contributed by atoms with Crippen molar-refractivity contribution in [3.8, 4) is 28.3 Å². The Bertz CT molecular complexity index is 1530. The van der Waals surface area contributed by atoms with Gasteiger partial charge in [0.2, 0.25) is 5.91 Å². The number of ether oxygens (including phenoxy) is 1. The summed E-state index contributed by atoms with van der Waals surface area (Å²) in [6.07, 6.45) is 5.77. The van der Waals surface area contributed by atoms with E-state index in [0.29, 0.717) is 11.4 Å². The Kier molecular flexibility index (Phi) is 6.67. The second-order valence-electron chi connectivity index (χ2n) is 8.57. The van der Waals surface area contributed by atoms with Crippen LogP contribution >= 0.6 is 0 Å². The third kappa shape index (κ3) is 4.93. The molecule has 2 N–H and O–H groups in total. The Balaban J connectivity index is 1.53. The van der Waals surface area contributed by atoms with E-state index in [-0.39, 0.29) is 0 Å². The molecule has 0 bridgehead atoms. The van der Waals surface area contributed by atoms with Gasteiger partial charge in [0, 0.05) is 28.9 Å². The predicted octanol–water partition coefficient (Wildman–Crippen LogP) is 5.64. The van der Waals surface area contributed by atoms with Crippen LogP contribution in [0, 0.1) is 0 Å². The van der Waals surface area contributed by atoms with Gasteiger partial charge in [-0.3, -0.25) is 9.78 Å². The number of rotatable bonds is 8. The van der Waals surface area contributed by atoms with E-state index < -0.39 is 5.91 Å². The third-order valence-electron chi connectivity index (χ3n) is 6.24. The fourth-order valence-electron chi connectivity index (χ4n) is 4.41. The molecule has 0 aliphatic heterocycles. The molecule has 0 saturated carbocycles. The quantitative estimate of drug-likeness (QED) is 0.314. The normalized spacial score (nSPS) is 10.9. The Morgan fingerprint density at radius 3 is 2.50 bits per heavy atom. The first-order chi connectivity index (χ1) is 17.6. The van der Waals surface area contributed by atoms with Crippen LogP contribution in [-0.4, -0.2) is 28.0 Å². The molecule has 5 aromatic rings. The monoisotopic (exact) mass is 474 g/mol. The van der Waals surface area contributed by atoms with Crippen molar-refractivity contribution in [1.82, 2.24) is 15.0 Å². The fourth-order valence-corrected chi connectivity index (χ4v) is 4.41.